The molecule has 0 unspecified atom stereocenters. The molecule has 1 amide bonds. The molecule has 0 aromatic heterocycles. The Morgan fingerprint density at radius 1 is 1.19 bits per heavy atom. The van der Waals surface area contributed by atoms with Crippen molar-refractivity contribution in [3.8, 4) is 0 Å². The summed E-state index contributed by atoms with van der Waals surface area (Å²) in [6, 6.07) is 5.53. The SMILES string of the molecule is O=C(Nc1ccccc1SC(F)F)C(F)F. The summed E-state index contributed by atoms with van der Waals surface area (Å²) in [5, 5.41) is 1.87. The molecule has 0 heterocycles. The molecule has 0 spiro atoms. The van der Waals surface area contributed by atoms with E-state index in [1.165, 1.54) is 24.3 Å². The summed E-state index contributed by atoms with van der Waals surface area (Å²) in [6.07, 6.45) is -3.18. The van der Waals surface area contributed by atoms with Crippen molar-refractivity contribution < 1.29 is 22.4 Å². The molecule has 0 aliphatic rings. The lowest BCUT2D eigenvalue weighted by molar-refractivity contribution is -0.126. The molecule has 0 saturated heterocycles. The number of hydrogen-bond donors (Lipinski definition) is 1. The molecule has 0 saturated carbocycles. The van der Waals surface area contributed by atoms with Crippen LogP contribution in [0.5, 0.6) is 0 Å². The minimum absolute atomic E-state index is 0.0434. The van der Waals surface area contributed by atoms with Crippen molar-refractivity contribution in [2.45, 2.75) is 17.1 Å². The van der Waals surface area contributed by atoms with Gasteiger partial charge in [-0.1, -0.05) is 23.9 Å². The first kappa shape index (κ1) is 12.8. The highest BCUT2D eigenvalue weighted by molar-refractivity contribution is 7.99. The van der Waals surface area contributed by atoms with E-state index in [2.05, 4.69) is 0 Å². The Bertz CT molecular complexity index is 372. The minimum Gasteiger partial charge on any atom is -0.320 e. The monoisotopic (exact) mass is 253 g/mol. The number of hydrogen-bond acceptors (Lipinski definition) is 2. The molecule has 1 aromatic carbocycles. The standard InChI is InChI=1S/C9H7F4NOS/c10-7(11)8(15)14-5-3-1-2-4-6(5)16-9(12)13/h1-4,7,9H,(H,14,15). The predicted octanol–water partition coefficient (Wildman–Crippen LogP) is 3.20. The molecule has 7 heteroatoms. The number of carbonyl (C=O) groups excluding carboxylic acids is 1. The fraction of sp³-hybridized carbons (Fsp3) is 0.222. The first-order chi connectivity index (χ1) is 7.50. The van der Waals surface area contributed by atoms with Crippen molar-refractivity contribution in [2.75, 3.05) is 5.32 Å². The number of alkyl halides is 4. The Morgan fingerprint density at radius 3 is 2.38 bits per heavy atom. The highest BCUT2D eigenvalue weighted by Crippen LogP contribution is 2.31. The van der Waals surface area contributed by atoms with Gasteiger partial charge in [-0.25, -0.2) is 0 Å². The highest BCUT2D eigenvalue weighted by Gasteiger charge is 2.17. The zero-order chi connectivity index (χ0) is 12.1. The van der Waals surface area contributed by atoms with Gasteiger partial charge in [0.25, 0.3) is 11.7 Å². The topological polar surface area (TPSA) is 29.1 Å². The van der Waals surface area contributed by atoms with Gasteiger partial charge in [0.15, 0.2) is 0 Å². The number of benzene rings is 1. The Balaban J connectivity index is 2.82. The van der Waals surface area contributed by atoms with Crippen LogP contribution in [0, 0.1) is 0 Å². The lowest BCUT2D eigenvalue weighted by atomic mass is 10.3. The van der Waals surface area contributed by atoms with Gasteiger partial charge in [0.1, 0.15) is 0 Å². The molecule has 16 heavy (non-hydrogen) atoms. The Morgan fingerprint density at radius 2 is 1.81 bits per heavy atom. The summed E-state index contributed by atoms with van der Waals surface area (Å²) in [4.78, 5) is 10.7. The van der Waals surface area contributed by atoms with E-state index in [1.54, 1.807) is 0 Å². The maximum Gasteiger partial charge on any atom is 0.315 e. The fourth-order valence-corrected chi connectivity index (χ4v) is 1.55. The molecule has 88 valence electrons. The van der Waals surface area contributed by atoms with Crippen LogP contribution < -0.4 is 5.32 Å². The third-order valence-corrected chi connectivity index (χ3v) is 2.35. The van der Waals surface area contributed by atoms with Crippen molar-refractivity contribution in [2.24, 2.45) is 0 Å². The van der Waals surface area contributed by atoms with Crippen molar-refractivity contribution >= 4 is 23.4 Å². The van der Waals surface area contributed by atoms with Gasteiger partial charge in [0.2, 0.25) is 0 Å². The molecule has 0 aliphatic carbocycles. The van der Waals surface area contributed by atoms with Crippen molar-refractivity contribution in [3.05, 3.63) is 24.3 Å². The van der Waals surface area contributed by atoms with Crippen LogP contribution in [-0.2, 0) is 4.79 Å². The quantitative estimate of drug-likeness (QED) is 0.659. The lowest BCUT2D eigenvalue weighted by Crippen LogP contribution is -2.20. The van der Waals surface area contributed by atoms with E-state index in [1.807, 2.05) is 5.32 Å². The molecular formula is C9H7F4NOS. The summed E-state index contributed by atoms with van der Waals surface area (Å²) in [6.45, 7) is 0. The molecule has 0 aliphatic heterocycles. The van der Waals surface area contributed by atoms with Crippen LogP contribution in [-0.4, -0.2) is 18.1 Å². The molecule has 1 aromatic rings. The van der Waals surface area contributed by atoms with E-state index < -0.39 is 18.1 Å². The van der Waals surface area contributed by atoms with Crippen molar-refractivity contribution in [1.82, 2.24) is 0 Å². The lowest BCUT2D eigenvalue weighted by Gasteiger charge is -2.09. The Hall–Kier alpha value is -1.24. The number of rotatable bonds is 4. The van der Waals surface area contributed by atoms with Crippen LogP contribution in [0.4, 0.5) is 23.2 Å². The first-order valence-electron chi connectivity index (χ1n) is 4.13. The summed E-state index contributed by atoms with van der Waals surface area (Å²) >= 11 is 0.186. The van der Waals surface area contributed by atoms with Crippen LogP contribution in [0.2, 0.25) is 0 Å². The number of nitrogens with one attached hydrogen (secondary N) is 1. The Kier molecular flexibility index (Phi) is 4.60. The number of anilines is 1. The minimum atomic E-state index is -3.18. The normalized spacial score (nSPS) is 10.9. The van der Waals surface area contributed by atoms with E-state index in [-0.39, 0.29) is 22.3 Å². The average Bonchev–Trinajstić information content (AvgIpc) is 2.20. The maximum absolute atomic E-state index is 12.1. The van der Waals surface area contributed by atoms with E-state index in [0.29, 0.717) is 0 Å². The molecule has 0 bridgehead atoms. The first-order valence-corrected chi connectivity index (χ1v) is 5.01. The molecule has 0 fully saturated rings. The van der Waals surface area contributed by atoms with Gasteiger partial charge in [0.05, 0.1) is 5.69 Å². The zero-order valence-corrected chi connectivity index (χ0v) is 8.61. The molecule has 1 N–H and O–H groups in total. The van der Waals surface area contributed by atoms with Gasteiger partial charge in [-0.2, -0.15) is 17.6 Å². The molecule has 1 rings (SSSR count). The number of amides is 1. The largest absolute Gasteiger partial charge is 0.320 e. The van der Waals surface area contributed by atoms with Crippen LogP contribution in [0.3, 0.4) is 0 Å². The van der Waals surface area contributed by atoms with E-state index in [4.69, 9.17) is 0 Å². The summed E-state index contributed by atoms with van der Waals surface area (Å²) in [5.41, 5.74) is -0.0434. The van der Waals surface area contributed by atoms with Gasteiger partial charge >= 0.3 is 6.43 Å². The highest BCUT2D eigenvalue weighted by atomic mass is 32.2. The number of carbonyl (C=O) groups is 1. The predicted molar refractivity (Wildman–Crippen MR) is 52.9 cm³/mol. The third kappa shape index (κ3) is 3.73. The van der Waals surface area contributed by atoms with Crippen molar-refractivity contribution in [3.63, 3.8) is 0 Å². The third-order valence-electron chi connectivity index (χ3n) is 1.56. The van der Waals surface area contributed by atoms with Gasteiger partial charge in [-0.15, -0.1) is 0 Å². The van der Waals surface area contributed by atoms with Gasteiger partial charge in [-0.05, 0) is 12.1 Å². The van der Waals surface area contributed by atoms with Gasteiger partial charge in [0, 0.05) is 4.90 Å². The average molecular weight is 253 g/mol. The smallest absolute Gasteiger partial charge is 0.315 e. The molecular weight excluding hydrogens is 246 g/mol. The van der Waals surface area contributed by atoms with E-state index in [9.17, 15) is 22.4 Å². The maximum atomic E-state index is 12.1. The van der Waals surface area contributed by atoms with Crippen LogP contribution in [0.15, 0.2) is 29.2 Å². The summed E-state index contributed by atoms with van der Waals surface area (Å²) in [5.74, 6) is -4.19. The molecule has 0 atom stereocenters. The van der Waals surface area contributed by atoms with Gasteiger partial charge < -0.3 is 5.32 Å². The number of thioether (sulfide) groups is 1. The zero-order valence-electron chi connectivity index (χ0n) is 7.79. The second kappa shape index (κ2) is 5.74. The second-order valence-corrected chi connectivity index (χ2v) is 3.70. The Labute approximate surface area is 93.0 Å². The summed E-state index contributed by atoms with van der Waals surface area (Å²) < 4.78 is 48.1. The van der Waals surface area contributed by atoms with Gasteiger partial charge in [-0.3, -0.25) is 4.79 Å². The van der Waals surface area contributed by atoms with E-state index in [0.717, 1.165) is 0 Å². The molecule has 2 nitrogen and oxygen atoms in total. The van der Waals surface area contributed by atoms with Crippen LogP contribution in [0.1, 0.15) is 0 Å². The van der Waals surface area contributed by atoms with Crippen LogP contribution >= 0.6 is 11.8 Å². The second-order valence-electron chi connectivity index (χ2n) is 2.66. The molecule has 0 radical (unpaired) electrons. The number of halogens is 4. The number of para-hydroxylation sites is 1. The van der Waals surface area contributed by atoms with Crippen molar-refractivity contribution in [1.29, 1.82) is 0 Å². The summed E-state index contributed by atoms with van der Waals surface area (Å²) in [7, 11) is 0. The van der Waals surface area contributed by atoms with Crippen LogP contribution in [0.25, 0.3) is 0 Å². The fourth-order valence-electron chi connectivity index (χ4n) is 0.956. The van der Waals surface area contributed by atoms with E-state index >= 15 is 0 Å².